The maximum Gasteiger partial charge on any atom is 0.274 e. The Hall–Kier alpha value is -2.00. The zero-order valence-corrected chi connectivity index (χ0v) is 15.2. The summed E-state index contributed by atoms with van der Waals surface area (Å²) in [5.41, 5.74) is 5.98. The summed E-state index contributed by atoms with van der Waals surface area (Å²) >= 11 is 8.99. The van der Waals surface area contributed by atoms with Gasteiger partial charge in [0.25, 0.3) is 17.7 Å². The van der Waals surface area contributed by atoms with Gasteiger partial charge in [0.15, 0.2) is 0 Å². The summed E-state index contributed by atoms with van der Waals surface area (Å²) in [7, 11) is 0. The second-order valence-electron chi connectivity index (χ2n) is 5.74. The van der Waals surface area contributed by atoms with Crippen LogP contribution in [0, 0.1) is 6.92 Å². The van der Waals surface area contributed by atoms with Crippen LogP contribution in [0.15, 0.2) is 22.8 Å². The molecule has 10 heteroatoms. The van der Waals surface area contributed by atoms with Crippen LogP contribution in [-0.4, -0.2) is 27.5 Å². The minimum atomic E-state index is -2.89. The van der Waals surface area contributed by atoms with E-state index in [2.05, 4.69) is 26.3 Å². The molecule has 1 aliphatic carbocycles. The van der Waals surface area contributed by atoms with Crippen molar-refractivity contribution < 1.29 is 18.4 Å². The van der Waals surface area contributed by atoms with Gasteiger partial charge >= 0.3 is 0 Å². The van der Waals surface area contributed by atoms with Crippen LogP contribution >= 0.6 is 27.5 Å². The topological polar surface area (TPSA) is 90.0 Å². The molecule has 132 valence electrons. The number of carbonyl (C=O) groups excluding carboxylic acids is 2. The predicted octanol–water partition coefficient (Wildman–Crippen LogP) is 3.54. The number of nitrogens with zero attached hydrogens (tertiary/aromatic N) is 2. The van der Waals surface area contributed by atoms with Crippen molar-refractivity contribution in [3.8, 4) is 0 Å². The van der Waals surface area contributed by atoms with Crippen molar-refractivity contribution in [2.75, 3.05) is 5.32 Å². The molecule has 1 aromatic heterocycles. The third-order valence-electron chi connectivity index (χ3n) is 3.83. The fraction of sp³-hybridized carbons (Fsp3) is 0.267. The molecule has 6 nitrogen and oxygen atoms in total. The van der Waals surface area contributed by atoms with Crippen molar-refractivity contribution in [1.29, 1.82) is 0 Å². The Labute approximate surface area is 154 Å². The molecule has 1 aliphatic rings. The fourth-order valence-corrected chi connectivity index (χ4v) is 3.18. The Balaban J connectivity index is 1.96. The fourth-order valence-electron chi connectivity index (χ4n) is 2.52. The highest BCUT2D eigenvalue weighted by Crippen LogP contribution is 2.52. The Morgan fingerprint density at radius 3 is 2.64 bits per heavy atom. The number of benzene rings is 1. The second-order valence-corrected chi connectivity index (χ2v) is 6.99. The highest BCUT2D eigenvalue weighted by molar-refractivity contribution is 9.10. The summed E-state index contributed by atoms with van der Waals surface area (Å²) in [4.78, 5) is 24.2. The van der Waals surface area contributed by atoms with E-state index >= 15 is 0 Å². The lowest BCUT2D eigenvalue weighted by molar-refractivity contribution is 0.0942. The van der Waals surface area contributed by atoms with E-state index < -0.39 is 23.8 Å². The molecule has 0 aliphatic heterocycles. The van der Waals surface area contributed by atoms with Gasteiger partial charge in [-0.2, -0.15) is 5.10 Å². The first kappa shape index (κ1) is 17.8. The number of hydrogen-bond acceptors (Lipinski definition) is 3. The molecular formula is C15H12BrClF2N4O2. The average Bonchev–Trinajstić information content (AvgIpc) is 2.95. The van der Waals surface area contributed by atoms with Crippen LogP contribution in [-0.2, 0) is 0 Å². The molecule has 1 heterocycles. The highest BCUT2D eigenvalue weighted by Gasteiger charge is 2.60. The van der Waals surface area contributed by atoms with E-state index in [1.807, 2.05) is 0 Å². The van der Waals surface area contributed by atoms with E-state index in [1.165, 1.54) is 12.1 Å². The first-order valence-corrected chi connectivity index (χ1v) is 8.31. The van der Waals surface area contributed by atoms with Gasteiger partial charge in [0.2, 0.25) is 0 Å². The Kier molecular flexibility index (Phi) is 4.32. The maximum atomic E-state index is 13.4. The van der Waals surface area contributed by atoms with Crippen molar-refractivity contribution in [3.63, 3.8) is 0 Å². The molecule has 0 radical (unpaired) electrons. The second kappa shape index (κ2) is 6.06. The first-order chi connectivity index (χ1) is 11.6. The van der Waals surface area contributed by atoms with Gasteiger partial charge in [0.1, 0.15) is 16.3 Å². The monoisotopic (exact) mass is 432 g/mol. The zero-order chi connectivity index (χ0) is 18.5. The number of nitrogens with one attached hydrogen (secondary N) is 1. The molecule has 2 amide bonds. The number of nitrogens with two attached hydrogens (primary N) is 1. The van der Waals surface area contributed by atoms with Gasteiger partial charge in [0, 0.05) is 17.5 Å². The van der Waals surface area contributed by atoms with Gasteiger partial charge in [0.05, 0.1) is 11.3 Å². The molecule has 1 aromatic carbocycles. The quantitative estimate of drug-likeness (QED) is 0.773. The lowest BCUT2D eigenvalue weighted by Crippen LogP contribution is -2.22. The predicted molar refractivity (Wildman–Crippen MR) is 91.2 cm³/mol. The van der Waals surface area contributed by atoms with E-state index in [4.69, 9.17) is 17.3 Å². The molecule has 3 N–H and O–H groups in total. The minimum Gasteiger partial charge on any atom is -0.366 e. The van der Waals surface area contributed by atoms with Crippen LogP contribution in [0.1, 0.15) is 38.9 Å². The normalized spacial score (nSPS) is 18.0. The van der Waals surface area contributed by atoms with E-state index in [0.717, 1.165) is 4.68 Å². The molecule has 0 bridgehead atoms. The molecule has 0 saturated heterocycles. The van der Waals surface area contributed by atoms with Crippen LogP contribution in [0.4, 0.5) is 14.5 Å². The van der Waals surface area contributed by atoms with Gasteiger partial charge in [-0.25, -0.2) is 13.5 Å². The number of anilines is 1. The number of carbonyl (C=O) groups is 2. The molecule has 1 saturated carbocycles. The lowest BCUT2D eigenvalue weighted by atomic mass is 10.1. The van der Waals surface area contributed by atoms with Crippen LogP contribution in [0.3, 0.4) is 0 Å². The number of aryl methyl sites for hydroxylation is 1. The molecule has 0 spiro atoms. The lowest BCUT2D eigenvalue weighted by Gasteiger charge is -2.13. The summed E-state index contributed by atoms with van der Waals surface area (Å²) in [5.74, 6) is -4.35. The van der Waals surface area contributed by atoms with E-state index in [-0.39, 0.29) is 33.0 Å². The van der Waals surface area contributed by atoms with Crippen LogP contribution in [0.25, 0.3) is 0 Å². The SMILES string of the molecule is Cc1cc(Cl)cc(C(N)=O)c1NC(=O)c1cc(Br)nn1C1CC1(F)F. The van der Waals surface area contributed by atoms with Crippen molar-refractivity contribution in [2.45, 2.75) is 25.3 Å². The summed E-state index contributed by atoms with van der Waals surface area (Å²) in [6.07, 6.45) is -0.381. The van der Waals surface area contributed by atoms with Crippen molar-refractivity contribution in [2.24, 2.45) is 5.73 Å². The number of hydrogen-bond donors (Lipinski definition) is 2. The molecule has 3 rings (SSSR count). The maximum absolute atomic E-state index is 13.4. The molecule has 1 fully saturated rings. The Bertz CT molecular complexity index is 900. The Morgan fingerprint density at radius 2 is 2.08 bits per heavy atom. The molecule has 1 unspecified atom stereocenters. The van der Waals surface area contributed by atoms with Gasteiger partial charge in [-0.1, -0.05) is 11.6 Å². The van der Waals surface area contributed by atoms with Crippen LogP contribution in [0.2, 0.25) is 5.02 Å². The third-order valence-corrected chi connectivity index (χ3v) is 4.44. The number of aromatic nitrogens is 2. The number of primary amides is 1. The summed E-state index contributed by atoms with van der Waals surface area (Å²) in [5, 5.41) is 6.73. The van der Waals surface area contributed by atoms with Crippen LogP contribution in [0.5, 0.6) is 0 Å². The largest absolute Gasteiger partial charge is 0.366 e. The molecular weight excluding hydrogens is 422 g/mol. The average molecular weight is 434 g/mol. The summed E-state index contributed by atoms with van der Waals surface area (Å²) in [6, 6.07) is 3.04. The number of amides is 2. The van der Waals surface area contributed by atoms with Crippen LogP contribution < -0.4 is 11.1 Å². The van der Waals surface area contributed by atoms with E-state index in [9.17, 15) is 18.4 Å². The number of rotatable bonds is 4. The van der Waals surface area contributed by atoms with E-state index in [1.54, 1.807) is 13.0 Å². The van der Waals surface area contributed by atoms with Gasteiger partial charge < -0.3 is 11.1 Å². The number of alkyl halides is 2. The minimum absolute atomic E-state index is 0.0280. The molecule has 2 aromatic rings. The highest BCUT2D eigenvalue weighted by atomic mass is 79.9. The van der Waals surface area contributed by atoms with E-state index in [0.29, 0.717) is 5.56 Å². The number of halogens is 4. The Morgan fingerprint density at radius 1 is 1.44 bits per heavy atom. The zero-order valence-electron chi connectivity index (χ0n) is 12.8. The molecule has 25 heavy (non-hydrogen) atoms. The first-order valence-electron chi connectivity index (χ1n) is 7.14. The van der Waals surface area contributed by atoms with Gasteiger partial charge in [-0.3, -0.25) is 9.59 Å². The smallest absolute Gasteiger partial charge is 0.274 e. The summed E-state index contributed by atoms with van der Waals surface area (Å²) < 4.78 is 27.9. The molecule has 1 atom stereocenters. The van der Waals surface area contributed by atoms with Gasteiger partial charge in [-0.05, 0) is 40.5 Å². The third kappa shape index (κ3) is 3.38. The standard InChI is InChI=1S/C15H12BrClF2N4O2/c1-6-2-7(17)3-8(13(20)24)12(6)21-14(25)9-4-11(16)22-23(9)10-5-15(10,18)19/h2-4,10H,5H2,1H3,(H2,20,24)(H,21,25). The summed E-state index contributed by atoms with van der Waals surface area (Å²) in [6.45, 7) is 1.64. The van der Waals surface area contributed by atoms with Crippen molar-refractivity contribution >= 4 is 45.0 Å². The van der Waals surface area contributed by atoms with Gasteiger partial charge in [-0.15, -0.1) is 0 Å². The van der Waals surface area contributed by atoms with Crippen molar-refractivity contribution in [1.82, 2.24) is 9.78 Å². The van der Waals surface area contributed by atoms with Crippen molar-refractivity contribution in [3.05, 3.63) is 44.6 Å².